The molecule has 2 heterocycles. The Morgan fingerprint density at radius 1 is 0.333 bits per heavy atom. The van der Waals surface area contributed by atoms with E-state index in [1.807, 2.05) is 0 Å². The van der Waals surface area contributed by atoms with Crippen LogP contribution in [0.15, 0.2) is 0 Å². The van der Waals surface area contributed by atoms with Crippen molar-refractivity contribution >= 4 is 0 Å². The van der Waals surface area contributed by atoms with Crippen molar-refractivity contribution in [2.75, 3.05) is 0 Å². The summed E-state index contributed by atoms with van der Waals surface area (Å²) in [6.07, 6.45) is -37.7. The molecular formula is C8F14HgO4. The van der Waals surface area contributed by atoms with Gasteiger partial charge in [-0.3, -0.25) is 0 Å². The minimum absolute atomic E-state index is 2.13. The molecule has 0 spiro atoms. The Morgan fingerprint density at radius 3 is 0.815 bits per heavy atom. The van der Waals surface area contributed by atoms with Gasteiger partial charge in [0.15, 0.2) is 0 Å². The van der Waals surface area contributed by atoms with Crippen molar-refractivity contribution in [3.8, 4) is 0 Å². The fourth-order valence-electron chi connectivity index (χ4n) is 1.81. The zero-order chi connectivity index (χ0) is 21.5. The summed E-state index contributed by atoms with van der Waals surface area (Å²) in [5.41, 5.74) is 0. The molecule has 0 aromatic rings. The van der Waals surface area contributed by atoms with E-state index < -0.39 is 68.0 Å². The van der Waals surface area contributed by atoms with Gasteiger partial charge < -0.3 is 0 Å². The number of halogens is 14. The summed E-state index contributed by atoms with van der Waals surface area (Å²) in [6, 6.07) is 0. The molecule has 2 aliphatic heterocycles. The van der Waals surface area contributed by atoms with Crippen LogP contribution in [0.3, 0.4) is 0 Å². The fourth-order valence-corrected chi connectivity index (χ4v) is 8.21. The molecule has 0 saturated carbocycles. The van der Waals surface area contributed by atoms with Crippen LogP contribution >= 0.6 is 0 Å². The van der Waals surface area contributed by atoms with Crippen molar-refractivity contribution in [2.24, 2.45) is 0 Å². The molecular weight excluding hydrogens is 627 g/mol. The number of hydrogen-bond donors (Lipinski definition) is 0. The third-order valence-electron chi connectivity index (χ3n) is 3.09. The number of alkyl halides is 14. The van der Waals surface area contributed by atoms with Crippen molar-refractivity contribution in [3.05, 3.63) is 0 Å². The van der Waals surface area contributed by atoms with E-state index in [1.165, 1.54) is 0 Å². The van der Waals surface area contributed by atoms with E-state index in [-0.39, 0.29) is 0 Å². The van der Waals surface area contributed by atoms with Gasteiger partial charge in [-0.1, -0.05) is 0 Å². The van der Waals surface area contributed by atoms with Crippen molar-refractivity contribution in [2.45, 2.75) is 43.4 Å². The van der Waals surface area contributed by atoms with Gasteiger partial charge in [-0.2, -0.15) is 0 Å². The van der Waals surface area contributed by atoms with E-state index in [0.29, 0.717) is 0 Å². The van der Waals surface area contributed by atoms with E-state index >= 15 is 0 Å². The Morgan fingerprint density at radius 2 is 0.556 bits per heavy atom. The van der Waals surface area contributed by atoms with Crippen LogP contribution in [-0.4, -0.2) is 43.4 Å². The molecule has 156 valence electrons. The van der Waals surface area contributed by atoms with Crippen LogP contribution in [-0.2, 0) is 43.5 Å². The zero-order valence-electron chi connectivity index (χ0n) is 11.6. The average molecular weight is 627 g/mol. The average Bonchev–Trinajstić information content (AvgIpc) is 2.30. The number of rotatable bonds is 2. The van der Waals surface area contributed by atoms with Gasteiger partial charge >= 0.3 is 148 Å². The molecule has 0 aromatic carbocycles. The quantitative estimate of drug-likeness (QED) is 0.344. The van der Waals surface area contributed by atoms with Gasteiger partial charge in [0, 0.05) is 0 Å². The van der Waals surface area contributed by atoms with Crippen molar-refractivity contribution < 1.29 is 105 Å². The van der Waals surface area contributed by atoms with Gasteiger partial charge in [0.2, 0.25) is 0 Å². The summed E-state index contributed by atoms with van der Waals surface area (Å²) < 4.78 is 181. The van der Waals surface area contributed by atoms with E-state index in [4.69, 9.17) is 0 Å². The van der Waals surface area contributed by atoms with Crippen molar-refractivity contribution in [1.82, 2.24) is 0 Å². The standard InChI is InChI=1S/2C4F7O2.Hg/c2*5-1-2(6,7)13-4(10,11)3(8,9)12-1;. The molecule has 0 radical (unpaired) electrons. The van der Waals surface area contributed by atoms with E-state index in [0.717, 1.165) is 0 Å². The molecule has 0 N–H and O–H groups in total. The maximum absolute atomic E-state index is 14.1. The van der Waals surface area contributed by atoms with Crippen LogP contribution in [0.4, 0.5) is 61.5 Å². The Labute approximate surface area is 149 Å². The molecule has 19 heteroatoms. The summed E-state index contributed by atoms with van der Waals surface area (Å²) in [5.74, 6) is 0. The van der Waals surface area contributed by atoms with Crippen LogP contribution in [0.25, 0.3) is 0 Å². The van der Waals surface area contributed by atoms with Gasteiger partial charge in [-0.05, 0) is 0 Å². The molecule has 0 aromatic heterocycles. The first-order chi connectivity index (χ1) is 11.5. The number of hydrogen-bond acceptors (Lipinski definition) is 4. The predicted molar refractivity (Wildman–Crippen MR) is 41.7 cm³/mol. The molecule has 27 heavy (non-hydrogen) atoms. The molecule has 2 atom stereocenters. The number of ether oxygens (including phenoxy) is 4. The summed E-state index contributed by atoms with van der Waals surface area (Å²) in [7, 11) is 0. The summed E-state index contributed by atoms with van der Waals surface area (Å²) in [6.45, 7) is 0. The molecule has 2 rings (SSSR count). The topological polar surface area (TPSA) is 36.9 Å². The van der Waals surface area contributed by atoms with Crippen molar-refractivity contribution in [3.63, 3.8) is 0 Å². The fraction of sp³-hybridized carbons (Fsp3) is 1.00. The molecule has 2 unspecified atom stereocenters. The van der Waals surface area contributed by atoms with Gasteiger partial charge in [0.1, 0.15) is 0 Å². The summed E-state index contributed by atoms with van der Waals surface area (Å²) in [4.78, 5) is 0. The van der Waals surface area contributed by atoms with E-state index in [9.17, 15) is 61.5 Å². The van der Waals surface area contributed by atoms with Gasteiger partial charge in [-0.15, -0.1) is 0 Å². The molecule has 2 aliphatic rings. The normalized spacial score (nSPS) is 40.8. The Hall–Kier alpha value is -0.205. The van der Waals surface area contributed by atoms with E-state index in [2.05, 4.69) is 18.9 Å². The van der Waals surface area contributed by atoms with Gasteiger partial charge in [0.05, 0.1) is 0 Å². The Balaban J connectivity index is 2.46. The van der Waals surface area contributed by atoms with Crippen molar-refractivity contribution in [1.29, 1.82) is 0 Å². The van der Waals surface area contributed by atoms with Crippen LogP contribution in [0.5, 0.6) is 0 Å². The first-order valence-electron chi connectivity index (χ1n) is 5.99. The summed E-state index contributed by atoms with van der Waals surface area (Å²) in [5, 5.41) is 0. The van der Waals surface area contributed by atoms with Crippen LogP contribution < -0.4 is 0 Å². The second-order valence-corrected chi connectivity index (χ2v) is 13.6. The molecule has 4 nitrogen and oxygen atoms in total. The molecule has 0 bridgehead atoms. The Bertz CT molecular complexity index is 574. The molecule has 2 fully saturated rings. The first kappa shape index (κ1) is 23.1. The molecule has 2 saturated heterocycles. The third kappa shape index (κ3) is 3.37. The van der Waals surface area contributed by atoms with Crippen LogP contribution in [0.2, 0.25) is 0 Å². The molecule has 0 aliphatic carbocycles. The van der Waals surface area contributed by atoms with Gasteiger partial charge in [0.25, 0.3) is 0 Å². The minimum atomic E-state index is -6.48. The van der Waals surface area contributed by atoms with Gasteiger partial charge in [-0.25, -0.2) is 0 Å². The maximum atomic E-state index is 14.1. The predicted octanol–water partition coefficient (Wildman–Crippen LogP) is 3.97. The Kier molecular flexibility index (Phi) is 4.86. The first-order valence-corrected chi connectivity index (χ1v) is 11.5. The van der Waals surface area contributed by atoms with Crippen LogP contribution in [0.1, 0.15) is 0 Å². The van der Waals surface area contributed by atoms with Crippen LogP contribution in [0, 0.1) is 0 Å². The third-order valence-corrected chi connectivity index (χ3v) is 11.0. The SMILES string of the molecule is FC1(F)OC(F)(F)[C](F)([Hg][C]2(F)OC(F)(F)C(F)(F)OC2(F)F)OC1(F)F. The summed E-state index contributed by atoms with van der Waals surface area (Å²) >= 11 is -6.48. The molecule has 0 amide bonds. The second kappa shape index (κ2) is 5.69. The monoisotopic (exact) mass is 628 g/mol. The van der Waals surface area contributed by atoms with E-state index in [1.54, 1.807) is 0 Å². The zero-order valence-corrected chi connectivity index (χ0v) is 17.1. The second-order valence-electron chi connectivity index (χ2n) is 5.14.